The number of esters is 1. The maximum Gasteiger partial charge on any atom is 0.338 e. The van der Waals surface area contributed by atoms with Gasteiger partial charge in [-0.3, -0.25) is 14.4 Å². The zero-order chi connectivity index (χ0) is 21.4. The standard InChI is InChI=1S/C19H17Cl2N3O5/c1-2-29-19(28)11-3-5-12(6-4-11)24-18(27)17(26)22-10-16(25)23-13-7-8-14(20)15(21)9-13/h3-9H,2,10H2,1H3,(H,22,26)(H,23,25)(H,24,27). The molecule has 0 unspecified atom stereocenters. The SMILES string of the molecule is CCOC(=O)c1ccc(NC(=O)C(=O)NCC(=O)Nc2ccc(Cl)c(Cl)c2)cc1. The van der Waals surface area contributed by atoms with Crippen LogP contribution in [-0.4, -0.2) is 36.8 Å². The van der Waals surface area contributed by atoms with Crippen LogP contribution in [0.1, 0.15) is 17.3 Å². The molecule has 0 aliphatic heterocycles. The molecule has 0 saturated heterocycles. The fourth-order valence-corrected chi connectivity index (χ4v) is 2.41. The van der Waals surface area contributed by atoms with Crippen molar-refractivity contribution in [3.63, 3.8) is 0 Å². The normalized spacial score (nSPS) is 10.0. The van der Waals surface area contributed by atoms with Crippen molar-refractivity contribution in [2.45, 2.75) is 6.92 Å². The predicted octanol–water partition coefficient (Wildman–Crippen LogP) is 2.86. The predicted molar refractivity (Wildman–Crippen MR) is 109 cm³/mol. The molecule has 3 amide bonds. The van der Waals surface area contributed by atoms with Gasteiger partial charge in [-0.15, -0.1) is 0 Å². The van der Waals surface area contributed by atoms with E-state index < -0.39 is 30.2 Å². The summed E-state index contributed by atoms with van der Waals surface area (Å²) in [5.41, 5.74) is 1.01. The minimum absolute atomic E-state index is 0.246. The number of hydrogen-bond acceptors (Lipinski definition) is 5. The first-order chi connectivity index (χ1) is 13.8. The number of rotatable bonds is 6. The summed E-state index contributed by atoms with van der Waals surface area (Å²) in [4.78, 5) is 47.2. The fraction of sp³-hybridized carbons (Fsp3) is 0.158. The average Bonchev–Trinajstić information content (AvgIpc) is 2.69. The largest absolute Gasteiger partial charge is 0.462 e. The molecule has 0 saturated carbocycles. The molecule has 2 rings (SSSR count). The summed E-state index contributed by atoms with van der Waals surface area (Å²) in [7, 11) is 0. The van der Waals surface area contributed by atoms with Crippen molar-refractivity contribution in [2.24, 2.45) is 0 Å². The van der Waals surface area contributed by atoms with Crippen LogP contribution in [0.4, 0.5) is 11.4 Å². The Bertz CT molecular complexity index is 932. The Balaban J connectivity index is 1.82. The monoisotopic (exact) mass is 437 g/mol. The zero-order valence-corrected chi connectivity index (χ0v) is 16.8. The number of anilines is 2. The third kappa shape index (κ3) is 6.78. The van der Waals surface area contributed by atoms with Crippen molar-refractivity contribution in [2.75, 3.05) is 23.8 Å². The van der Waals surface area contributed by atoms with Gasteiger partial charge >= 0.3 is 17.8 Å². The van der Waals surface area contributed by atoms with E-state index >= 15 is 0 Å². The summed E-state index contributed by atoms with van der Waals surface area (Å²) in [6.07, 6.45) is 0. The van der Waals surface area contributed by atoms with E-state index in [0.717, 1.165) is 0 Å². The molecular formula is C19H17Cl2N3O5. The summed E-state index contributed by atoms with van der Waals surface area (Å²) in [5.74, 6) is -3.00. The summed E-state index contributed by atoms with van der Waals surface area (Å²) in [5, 5.41) is 7.67. The van der Waals surface area contributed by atoms with E-state index in [2.05, 4.69) is 16.0 Å². The quantitative estimate of drug-likeness (QED) is 0.474. The fourth-order valence-electron chi connectivity index (χ4n) is 2.11. The third-order valence-electron chi connectivity index (χ3n) is 3.47. The van der Waals surface area contributed by atoms with E-state index in [-0.39, 0.29) is 11.6 Å². The van der Waals surface area contributed by atoms with Crippen LogP contribution in [-0.2, 0) is 19.1 Å². The highest BCUT2D eigenvalue weighted by molar-refractivity contribution is 6.42. The van der Waals surface area contributed by atoms with Crippen LogP contribution in [0.5, 0.6) is 0 Å². The Morgan fingerprint density at radius 2 is 1.52 bits per heavy atom. The van der Waals surface area contributed by atoms with E-state index in [4.69, 9.17) is 27.9 Å². The van der Waals surface area contributed by atoms with Crippen molar-refractivity contribution in [3.8, 4) is 0 Å². The molecular weight excluding hydrogens is 421 g/mol. The maximum absolute atomic E-state index is 11.9. The van der Waals surface area contributed by atoms with Crippen LogP contribution < -0.4 is 16.0 Å². The Morgan fingerprint density at radius 1 is 0.862 bits per heavy atom. The van der Waals surface area contributed by atoms with Crippen LogP contribution in [0.25, 0.3) is 0 Å². The molecule has 3 N–H and O–H groups in total. The van der Waals surface area contributed by atoms with Crippen molar-refractivity contribution in [3.05, 3.63) is 58.1 Å². The van der Waals surface area contributed by atoms with Gasteiger partial charge in [0.2, 0.25) is 5.91 Å². The lowest BCUT2D eigenvalue weighted by atomic mass is 10.2. The van der Waals surface area contributed by atoms with Gasteiger partial charge in [0.05, 0.1) is 28.8 Å². The number of ether oxygens (including phenoxy) is 1. The minimum Gasteiger partial charge on any atom is -0.462 e. The van der Waals surface area contributed by atoms with Crippen molar-refractivity contribution in [1.82, 2.24) is 5.32 Å². The lowest BCUT2D eigenvalue weighted by Crippen LogP contribution is -2.39. The molecule has 0 spiro atoms. The second-order valence-electron chi connectivity index (χ2n) is 5.61. The summed E-state index contributed by atoms with van der Waals surface area (Å²) < 4.78 is 4.85. The van der Waals surface area contributed by atoms with Crippen LogP contribution >= 0.6 is 23.2 Å². The number of carbonyl (C=O) groups excluding carboxylic acids is 4. The van der Waals surface area contributed by atoms with Crippen molar-refractivity contribution in [1.29, 1.82) is 0 Å². The lowest BCUT2D eigenvalue weighted by molar-refractivity contribution is -0.136. The molecule has 152 valence electrons. The molecule has 29 heavy (non-hydrogen) atoms. The maximum atomic E-state index is 11.9. The number of benzene rings is 2. The van der Waals surface area contributed by atoms with Gasteiger partial charge in [-0.05, 0) is 49.4 Å². The number of hydrogen-bond donors (Lipinski definition) is 3. The highest BCUT2D eigenvalue weighted by Gasteiger charge is 2.15. The van der Waals surface area contributed by atoms with E-state index in [1.165, 1.54) is 36.4 Å². The second kappa shape index (κ2) is 10.4. The molecule has 0 aliphatic carbocycles. The molecule has 2 aromatic carbocycles. The molecule has 8 nitrogen and oxygen atoms in total. The van der Waals surface area contributed by atoms with Crippen LogP contribution in [0, 0.1) is 0 Å². The molecule has 0 radical (unpaired) electrons. The first kappa shape index (κ1) is 22.2. The Kier molecular flexibility index (Phi) is 7.99. The van der Waals surface area contributed by atoms with Gasteiger partial charge in [-0.1, -0.05) is 23.2 Å². The van der Waals surface area contributed by atoms with Gasteiger partial charge < -0.3 is 20.7 Å². The second-order valence-corrected chi connectivity index (χ2v) is 6.43. The first-order valence-corrected chi connectivity index (χ1v) is 9.17. The smallest absolute Gasteiger partial charge is 0.338 e. The number of carbonyl (C=O) groups is 4. The number of amides is 3. The minimum atomic E-state index is -0.997. The van der Waals surface area contributed by atoms with E-state index in [9.17, 15) is 19.2 Å². The van der Waals surface area contributed by atoms with E-state index in [1.54, 1.807) is 13.0 Å². The molecule has 0 aromatic heterocycles. The highest BCUT2D eigenvalue weighted by Crippen LogP contribution is 2.24. The Morgan fingerprint density at radius 3 is 2.14 bits per heavy atom. The highest BCUT2D eigenvalue weighted by atomic mass is 35.5. The molecule has 0 atom stereocenters. The molecule has 0 heterocycles. The molecule has 10 heteroatoms. The summed E-state index contributed by atoms with van der Waals surface area (Å²) in [6.45, 7) is 1.51. The van der Waals surface area contributed by atoms with Gasteiger partial charge in [-0.2, -0.15) is 0 Å². The zero-order valence-electron chi connectivity index (χ0n) is 15.3. The topological polar surface area (TPSA) is 114 Å². The summed E-state index contributed by atoms with van der Waals surface area (Å²) >= 11 is 11.6. The average molecular weight is 438 g/mol. The number of nitrogens with one attached hydrogen (secondary N) is 3. The van der Waals surface area contributed by atoms with Crippen LogP contribution in [0.2, 0.25) is 10.0 Å². The van der Waals surface area contributed by atoms with Crippen molar-refractivity contribution < 1.29 is 23.9 Å². The van der Waals surface area contributed by atoms with Gasteiger partial charge in [0.1, 0.15) is 0 Å². The van der Waals surface area contributed by atoms with Gasteiger partial charge in [0.15, 0.2) is 0 Å². The van der Waals surface area contributed by atoms with Crippen LogP contribution in [0.15, 0.2) is 42.5 Å². The molecule has 0 aliphatic rings. The molecule has 0 fully saturated rings. The van der Waals surface area contributed by atoms with E-state index in [0.29, 0.717) is 22.0 Å². The van der Waals surface area contributed by atoms with Gasteiger partial charge in [0.25, 0.3) is 0 Å². The van der Waals surface area contributed by atoms with Gasteiger partial charge in [0, 0.05) is 11.4 Å². The molecule has 0 bridgehead atoms. The third-order valence-corrected chi connectivity index (χ3v) is 4.21. The first-order valence-electron chi connectivity index (χ1n) is 8.41. The van der Waals surface area contributed by atoms with Crippen molar-refractivity contribution >= 4 is 58.3 Å². The number of halogens is 2. The lowest BCUT2D eigenvalue weighted by Gasteiger charge is -2.08. The Hall–Kier alpha value is -3.10. The van der Waals surface area contributed by atoms with E-state index in [1.807, 2.05) is 0 Å². The molecule has 2 aromatic rings. The van der Waals surface area contributed by atoms with Crippen LogP contribution in [0.3, 0.4) is 0 Å². The van der Waals surface area contributed by atoms with Gasteiger partial charge in [-0.25, -0.2) is 4.79 Å². The summed E-state index contributed by atoms with van der Waals surface area (Å²) in [6, 6.07) is 10.3. The Labute approximate surface area is 176 Å².